The Kier molecular flexibility index (Phi) is 7.22. The summed E-state index contributed by atoms with van der Waals surface area (Å²) in [6.07, 6.45) is 37.7. The smallest absolute Gasteiger partial charge is 0.134 e. The molecule has 0 radical (unpaired) electrons. The summed E-state index contributed by atoms with van der Waals surface area (Å²) >= 11 is 0. The van der Waals surface area contributed by atoms with Crippen LogP contribution in [0.1, 0.15) is 54.0 Å². The van der Waals surface area contributed by atoms with Gasteiger partial charge in [-0.2, -0.15) is 0 Å². The molecule has 0 bridgehead atoms. The van der Waals surface area contributed by atoms with E-state index < -0.39 is 0 Å². The molecular formula is C51H44N2. The van der Waals surface area contributed by atoms with Crippen LogP contribution in [0, 0.1) is 35.5 Å². The lowest BCUT2D eigenvalue weighted by Crippen LogP contribution is -2.38. The van der Waals surface area contributed by atoms with Crippen molar-refractivity contribution in [1.29, 1.82) is 0 Å². The average Bonchev–Trinajstić information content (AvgIpc) is 3.71. The number of benzene rings is 4. The maximum absolute atomic E-state index is 5.42. The van der Waals surface area contributed by atoms with E-state index in [1.165, 1.54) is 50.6 Å². The first kappa shape index (κ1) is 31.1. The molecule has 0 amide bonds. The van der Waals surface area contributed by atoms with E-state index in [9.17, 15) is 0 Å². The van der Waals surface area contributed by atoms with Gasteiger partial charge in [-0.05, 0) is 106 Å². The zero-order valence-electron chi connectivity index (χ0n) is 30.0. The fraction of sp³-hybridized carbons (Fsp3) is 0.235. The summed E-state index contributed by atoms with van der Waals surface area (Å²) in [6, 6.07) is 32.2. The van der Waals surface area contributed by atoms with Gasteiger partial charge in [0.2, 0.25) is 0 Å². The van der Waals surface area contributed by atoms with Gasteiger partial charge in [-0.1, -0.05) is 158 Å². The second-order valence-electron chi connectivity index (χ2n) is 16.1. The second-order valence-corrected chi connectivity index (χ2v) is 16.1. The maximum atomic E-state index is 5.42. The van der Waals surface area contributed by atoms with Gasteiger partial charge in [0.25, 0.3) is 0 Å². The molecule has 1 saturated carbocycles. The molecule has 11 rings (SSSR count). The summed E-state index contributed by atoms with van der Waals surface area (Å²) < 4.78 is 0. The predicted octanol–water partition coefficient (Wildman–Crippen LogP) is 11.7. The second kappa shape index (κ2) is 12.3. The Labute approximate surface area is 313 Å². The highest BCUT2D eigenvalue weighted by molar-refractivity contribution is 6.03. The highest BCUT2D eigenvalue weighted by Gasteiger charge is 2.62. The van der Waals surface area contributed by atoms with Gasteiger partial charge in [0, 0.05) is 28.5 Å². The average molecular weight is 685 g/mol. The van der Waals surface area contributed by atoms with Crippen LogP contribution in [0.4, 0.5) is 0 Å². The van der Waals surface area contributed by atoms with Crippen LogP contribution >= 0.6 is 0 Å². The van der Waals surface area contributed by atoms with Gasteiger partial charge >= 0.3 is 0 Å². The van der Waals surface area contributed by atoms with Crippen molar-refractivity contribution in [2.45, 2.75) is 37.1 Å². The van der Waals surface area contributed by atoms with Gasteiger partial charge in [0.15, 0.2) is 0 Å². The number of aliphatic imine (C=N–C) groups is 1. The topological polar surface area (TPSA) is 24.4 Å². The monoisotopic (exact) mass is 684 g/mol. The number of hydrogen-bond acceptors (Lipinski definition) is 2. The molecule has 1 aliphatic heterocycles. The number of hydrogen-bond donors (Lipinski definition) is 1. The molecule has 2 nitrogen and oxygen atoms in total. The van der Waals surface area contributed by atoms with Crippen molar-refractivity contribution in [3.8, 4) is 11.1 Å². The molecule has 0 aromatic heterocycles. The fourth-order valence-electron chi connectivity index (χ4n) is 11.2. The zero-order valence-corrected chi connectivity index (χ0v) is 30.0. The quantitative estimate of drug-likeness (QED) is 0.213. The predicted molar refractivity (Wildman–Crippen MR) is 219 cm³/mol. The normalized spacial score (nSPS) is 31.4. The molecule has 1 spiro atoms. The van der Waals surface area contributed by atoms with Crippen LogP contribution < -0.4 is 5.32 Å². The van der Waals surface area contributed by atoms with E-state index in [1.807, 2.05) is 0 Å². The molecule has 7 aliphatic rings. The summed E-state index contributed by atoms with van der Waals surface area (Å²) in [7, 11) is 0. The minimum Gasteiger partial charge on any atom is -0.359 e. The summed E-state index contributed by atoms with van der Waals surface area (Å²) in [6.45, 7) is 0. The number of rotatable bonds is 4. The van der Waals surface area contributed by atoms with Crippen LogP contribution in [-0.2, 0) is 5.41 Å². The van der Waals surface area contributed by atoms with Crippen molar-refractivity contribution < 1.29 is 0 Å². The standard InChI is InChI=1S/C51H44N2/c1-2-12-33(13-3-1)35-22-25-36(26-23-35)48-32-49(53-50(52-48)39-27-24-34-14-4-5-15-37(34)30-39)38-28-29-43-42-18-8-11-21-46(42)51(47(43)31-38)44-19-9-6-16-40(44)41-17-7-10-20-45(41)51/h1-9,11-12,14-19,21-25,27-33,36,40-41,44-45,49H,10,13,20,26H2,(H,52,53). The van der Waals surface area contributed by atoms with Crippen LogP contribution in [-0.4, -0.2) is 5.84 Å². The van der Waals surface area contributed by atoms with Crippen molar-refractivity contribution in [3.63, 3.8) is 0 Å². The summed E-state index contributed by atoms with van der Waals surface area (Å²) in [4.78, 5) is 5.42. The third-order valence-electron chi connectivity index (χ3n) is 13.5. The Hall–Kier alpha value is -5.47. The summed E-state index contributed by atoms with van der Waals surface area (Å²) in [5, 5.41) is 6.45. The third-order valence-corrected chi connectivity index (χ3v) is 13.5. The van der Waals surface area contributed by atoms with Crippen LogP contribution in [0.15, 0.2) is 186 Å². The van der Waals surface area contributed by atoms with Gasteiger partial charge in [0.05, 0.1) is 6.04 Å². The molecule has 1 heterocycles. The molecule has 4 aromatic rings. The number of nitrogens with zero attached hydrogens (tertiary/aromatic N) is 1. The van der Waals surface area contributed by atoms with Crippen molar-refractivity contribution >= 4 is 16.6 Å². The van der Waals surface area contributed by atoms with Gasteiger partial charge in [-0.25, -0.2) is 4.99 Å². The van der Waals surface area contributed by atoms with Crippen LogP contribution in [0.3, 0.4) is 0 Å². The van der Waals surface area contributed by atoms with Crippen LogP contribution in [0.2, 0.25) is 0 Å². The molecule has 4 aromatic carbocycles. The SMILES string of the molecule is C1=CCC(C2=CCC(C3=CC(c4ccc5c(c4)C4(c6ccccc6-5)C5C=CC=CC5C5C=CCCC54)NC(c4ccc5ccccc5c4)=N3)C=C2)C=C1. The molecule has 1 fully saturated rings. The first-order valence-corrected chi connectivity index (χ1v) is 19.8. The lowest BCUT2D eigenvalue weighted by atomic mass is 9.62. The Morgan fingerprint density at radius 2 is 1.53 bits per heavy atom. The van der Waals surface area contributed by atoms with E-state index in [0.29, 0.717) is 29.6 Å². The molecule has 2 heteroatoms. The van der Waals surface area contributed by atoms with E-state index in [4.69, 9.17) is 4.99 Å². The van der Waals surface area contributed by atoms with Crippen molar-refractivity contribution in [1.82, 2.24) is 5.32 Å². The number of amidine groups is 1. The first-order valence-electron chi connectivity index (χ1n) is 19.8. The largest absolute Gasteiger partial charge is 0.359 e. The Morgan fingerprint density at radius 3 is 2.43 bits per heavy atom. The third kappa shape index (κ3) is 4.81. The van der Waals surface area contributed by atoms with E-state index in [0.717, 1.165) is 36.4 Å². The Balaban J connectivity index is 1.03. The first-order chi connectivity index (χ1) is 26.3. The van der Waals surface area contributed by atoms with E-state index in [-0.39, 0.29) is 17.4 Å². The van der Waals surface area contributed by atoms with Gasteiger partial charge in [-0.15, -0.1) is 0 Å². The van der Waals surface area contributed by atoms with Gasteiger partial charge < -0.3 is 5.32 Å². The number of fused-ring (bicyclic) bond motifs is 11. The number of nitrogens with one attached hydrogen (secondary N) is 1. The lowest BCUT2D eigenvalue weighted by molar-refractivity contribution is 0.291. The molecular weight excluding hydrogens is 641 g/mol. The van der Waals surface area contributed by atoms with E-state index in [1.54, 1.807) is 0 Å². The van der Waals surface area contributed by atoms with Crippen molar-refractivity contribution in [2.75, 3.05) is 0 Å². The highest BCUT2D eigenvalue weighted by Crippen LogP contribution is 2.68. The minimum absolute atomic E-state index is 0.00117. The molecule has 258 valence electrons. The Morgan fingerprint density at radius 1 is 0.660 bits per heavy atom. The summed E-state index contributed by atoms with van der Waals surface area (Å²) in [5.74, 6) is 3.73. The Bertz CT molecular complexity index is 2440. The fourth-order valence-corrected chi connectivity index (χ4v) is 11.2. The maximum Gasteiger partial charge on any atom is 0.134 e. The molecule has 1 N–H and O–H groups in total. The minimum atomic E-state index is -0.0458. The molecule has 8 atom stereocenters. The highest BCUT2D eigenvalue weighted by atomic mass is 15.1. The molecule has 6 aliphatic carbocycles. The summed E-state index contributed by atoms with van der Waals surface area (Å²) in [5.41, 5.74) is 10.9. The molecule has 53 heavy (non-hydrogen) atoms. The van der Waals surface area contributed by atoms with Crippen LogP contribution in [0.5, 0.6) is 0 Å². The molecule has 0 saturated heterocycles. The van der Waals surface area contributed by atoms with Crippen LogP contribution in [0.25, 0.3) is 21.9 Å². The number of allylic oxidation sites excluding steroid dienone is 14. The molecule has 8 unspecified atom stereocenters. The van der Waals surface area contributed by atoms with Gasteiger partial charge in [-0.3, -0.25) is 0 Å². The van der Waals surface area contributed by atoms with E-state index in [2.05, 4.69) is 175 Å². The lowest BCUT2D eigenvalue weighted by Gasteiger charge is -2.41. The van der Waals surface area contributed by atoms with Crippen molar-refractivity contribution in [3.05, 3.63) is 204 Å². The van der Waals surface area contributed by atoms with Gasteiger partial charge in [0.1, 0.15) is 5.84 Å². The van der Waals surface area contributed by atoms with Crippen molar-refractivity contribution in [2.24, 2.45) is 40.5 Å². The zero-order chi connectivity index (χ0) is 34.9. The van der Waals surface area contributed by atoms with E-state index >= 15 is 0 Å².